The van der Waals surface area contributed by atoms with Crippen molar-refractivity contribution in [3.05, 3.63) is 119 Å². The standard InChI is InChI=1S/C32H34GeSi/c1-31(27-19-11-7-15-23(27)24-16-8-12-20-28(24)31)33(2,3)32(34(4,5)6)29-21-13-9-17-25(29)26-18-10-14-22-30(26)32/h7-22H,1-6H3. The second kappa shape index (κ2) is 7.08. The van der Waals surface area contributed by atoms with Gasteiger partial charge < -0.3 is 0 Å². The van der Waals surface area contributed by atoms with E-state index in [1.165, 1.54) is 22.3 Å². The molecule has 0 N–H and O–H groups in total. The third-order valence-corrected chi connectivity index (χ3v) is 31.7. The van der Waals surface area contributed by atoms with E-state index in [0.717, 1.165) is 0 Å². The first-order valence-electron chi connectivity index (χ1n) is 12.6. The van der Waals surface area contributed by atoms with E-state index in [9.17, 15) is 0 Å². The molecule has 0 amide bonds. The van der Waals surface area contributed by atoms with Gasteiger partial charge in [0.25, 0.3) is 0 Å². The average Bonchev–Trinajstić information content (AvgIpc) is 3.29. The van der Waals surface area contributed by atoms with Crippen LogP contribution in [0, 0.1) is 0 Å². The molecule has 0 aromatic heterocycles. The summed E-state index contributed by atoms with van der Waals surface area (Å²) in [5, 5.41) is 0. The molecule has 0 spiro atoms. The van der Waals surface area contributed by atoms with Gasteiger partial charge in [-0.2, -0.15) is 0 Å². The molecule has 0 heterocycles. The van der Waals surface area contributed by atoms with E-state index < -0.39 is 21.3 Å². The molecule has 2 aliphatic rings. The molecule has 170 valence electrons. The fraction of sp³-hybridized carbons (Fsp3) is 0.250. The van der Waals surface area contributed by atoms with Crippen molar-refractivity contribution in [1.82, 2.24) is 0 Å². The van der Waals surface area contributed by atoms with E-state index in [-0.39, 0.29) is 8.12 Å². The van der Waals surface area contributed by atoms with Crippen LogP contribution in [0.4, 0.5) is 0 Å². The molecule has 0 radical (unpaired) electrons. The number of benzene rings is 4. The summed E-state index contributed by atoms with van der Waals surface area (Å²) in [5.74, 6) is 5.52. The molecule has 2 aliphatic carbocycles. The van der Waals surface area contributed by atoms with Crippen LogP contribution in [-0.4, -0.2) is 21.3 Å². The van der Waals surface area contributed by atoms with Crippen molar-refractivity contribution in [1.29, 1.82) is 0 Å². The topological polar surface area (TPSA) is 0 Å². The predicted octanol–water partition coefficient (Wildman–Crippen LogP) is 8.60. The van der Waals surface area contributed by atoms with Gasteiger partial charge in [0, 0.05) is 0 Å². The van der Waals surface area contributed by atoms with E-state index >= 15 is 0 Å². The Balaban J connectivity index is 1.78. The van der Waals surface area contributed by atoms with Gasteiger partial charge >= 0.3 is 209 Å². The van der Waals surface area contributed by atoms with Crippen LogP contribution in [-0.2, 0) is 8.12 Å². The van der Waals surface area contributed by atoms with Crippen molar-refractivity contribution in [3.63, 3.8) is 0 Å². The Morgan fingerprint density at radius 1 is 0.500 bits per heavy atom. The zero-order valence-electron chi connectivity index (χ0n) is 21.2. The van der Waals surface area contributed by atoms with Gasteiger partial charge in [0.15, 0.2) is 0 Å². The monoisotopic (exact) mass is 520 g/mol. The zero-order valence-corrected chi connectivity index (χ0v) is 24.3. The maximum atomic E-state index is 2.76. The fourth-order valence-electron chi connectivity index (χ4n) is 8.16. The third kappa shape index (κ3) is 2.40. The first-order chi connectivity index (χ1) is 16.2. The summed E-state index contributed by atoms with van der Waals surface area (Å²) in [7, 11) is -1.79. The second-order valence-corrected chi connectivity index (χ2v) is 28.7. The molecule has 4 aromatic rings. The van der Waals surface area contributed by atoms with Crippen LogP contribution in [0.3, 0.4) is 0 Å². The summed E-state index contributed by atoms with van der Waals surface area (Å²) in [6.07, 6.45) is 0. The van der Waals surface area contributed by atoms with E-state index in [4.69, 9.17) is 0 Å². The zero-order chi connectivity index (χ0) is 23.9. The maximum absolute atomic E-state index is 2.93. The number of hydrogen-bond donors (Lipinski definition) is 0. The van der Waals surface area contributed by atoms with E-state index in [0.29, 0.717) is 0 Å². The number of fused-ring (bicyclic) bond motifs is 6. The van der Waals surface area contributed by atoms with E-state index in [1.54, 1.807) is 22.3 Å². The Morgan fingerprint density at radius 2 is 0.794 bits per heavy atom. The first kappa shape index (κ1) is 22.1. The van der Waals surface area contributed by atoms with Crippen LogP contribution in [0.1, 0.15) is 29.2 Å². The summed E-state index contributed by atoms with van der Waals surface area (Å²) in [6.45, 7) is 10.5. The summed E-state index contributed by atoms with van der Waals surface area (Å²) in [6, 6.07) is 37.3. The van der Waals surface area contributed by atoms with Gasteiger partial charge in [-0.3, -0.25) is 0 Å². The van der Waals surface area contributed by atoms with Crippen LogP contribution >= 0.6 is 0 Å². The molecule has 0 atom stereocenters. The third-order valence-electron chi connectivity index (χ3n) is 9.49. The minimum absolute atomic E-state index is 0.0536. The van der Waals surface area contributed by atoms with Crippen molar-refractivity contribution >= 4 is 21.3 Å². The molecule has 0 aliphatic heterocycles. The number of rotatable bonds is 3. The van der Waals surface area contributed by atoms with E-state index in [2.05, 4.69) is 135 Å². The molecule has 6 rings (SSSR count). The van der Waals surface area contributed by atoms with Gasteiger partial charge in [-0.1, -0.05) is 0 Å². The van der Waals surface area contributed by atoms with Gasteiger partial charge in [0.2, 0.25) is 0 Å². The van der Waals surface area contributed by atoms with Crippen molar-refractivity contribution in [3.8, 4) is 22.3 Å². The molecule has 4 aromatic carbocycles. The first-order valence-corrected chi connectivity index (χ1v) is 22.4. The fourth-order valence-corrected chi connectivity index (χ4v) is 34.2. The molecule has 34 heavy (non-hydrogen) atoms. The molecular formula is C32H34GeSi. The molecular weight excluding hydrogens is 485 g/mol. The molecule has 0 saturated carbocycles. The predicted molar refractivity (Wildman–Crippen MR) is 152 cm³/mol. The van der Waals surface area contributed by atoms with Gasteiger partial charge in [-0.15, -0.1) is 0 Å². The van der Waals surface area contributed by atoms with Gasteiger partial charge in [-0.05, 0) is 0 Å². The van der Waals surface area contributed by atoms with Crippen LogP contribution < -0.4 is 0 Å². The Labute approximate surface area is 208 Å². The van der Waals surface area contributed by atoms with Gasteiger partial charge in [0.05, 0.1) is 0 Å². The van der Waals surface area contributed by atoms with Gasteiger partial charge in [-0.25, -0.2) is 0 Å². The molecule has 0 bridgehead atoms. The van der Waals surface area contributed by atoms with Gasteiger partial charge in [0.1, 0.15) is 0 Å². The Morgan fingerprint density at radius 3 is 1.15 bits per heavy atom. The van der Waals surface area contributed by atoms with E-state index in [1.807, 2.05) is 0 Å². The molecule has 0 fully saturated rings. The average molecular weight is 519 g/mol. The quantitative estimate of drug-likeness (QED) is 0.238. The second-order valence-electron chi connectivity index (χ2n) is 11.9. The Bertz CT molecular complexity index is 1350. The van der Waals surface area contributed by atoms with Crippen molar-refractivity contribution < 1.29 is 0 Å². The molecule has 0 saturated heterocycles. The summed E-state index contributed by atoms with van der Waals surface area (Å²) < 4.78 is 0.192. The Hall–Kier alpha value is -2.36. The van der Waals surface area contributed by atoms with Crippen LogP contribution in [0.5, 0.6) is 0 Å². The van der Waals surface area contributed by atoms with Crippen molar-refractivity contribution in [2.45, 2.75) is 46.2 Å². The van der Waals surface area contributed by atoms with Crippen LogP contribution in [0.2, 0.25) is 31.2 Å². The Kier molecular flexibility index (Phi) is 4.61. The van der Waals surface area contributed by atoms with Crippen molar-refractivity contribution in [2.24, 2.45) is 0 Å². The van der Waals surface area contributed by atoms with Crippen LogP contribution in [0.15, 0.2) is 97.1 Å². The normalized spacial score (nSPS) is 17.0. The summed E-state index contributed by atoms with van der Waals surface area (Å²) in [5.41, 5.74) is 12.2. The SMILES string of the molecule is C[C]1([Ge]([CH3])([CH3])[C]2([Si](C)(C)C)c3ccccc3-c3ccccc32)c2ccccc2-c2ccccc21. The molecule has 0 unspecified atom stereocenters. The summed E-state index contributed by atoms with van der Waals surface area (Å²) in [4.78, 5) is 0. The number of hydrogen-bond acceptors (Lipinski definition) is 0. The van der Waals surface area contributed by atoms with Crippen LogP contribution in [0.25, 0.3) is 22.3 Å². The summed E-state index contributed by atoms with van der Waals surface area (Å²) >= 11 is -2.93. The van der Waals surface area contributed by atoms with Crippen molar-refractivity contribution in [2.75, 3.05) is 0 Å². The molecule has 2 heteroatoms. The minimum atomic E-state index is -2.93. The molecule has 0 nitrogen and oxygen atoms in total.